The predicted octanol–water partition coefficient (Wildman–Crippen LogP) is 3.59. The molecule has 0 unspecified atom stereocenters. The van der Waals surface area contributed by atoms with E-state index >= 15 is 0 Å². The molecular weight excluding hydrogens is 198 g/mol. The van der Waals surface area contributed by atoms with Crippen molar-refractivity contribution in [2.24, 2.45) is 0 Å². The molecule has 0 bridgehead atoms. The highest BCUT2D eigenvalue weighted by Gasteiger charge is 1.98. The van der Waals surface area contributed by atoms with Gasteiger partial charge in [-0.1, -0.05) is 38.1 Å². The summed E-state index contributed by atoms with van der Waals surface area (Å²) in [6.45, 7) is 4.00. The van der Waals surface area contributed by atoms with Crippen LogP contribution >= 0.6 is 0 Å². The Labute approximate surface area is 96.0 Å². The lowest BCUT2D eigenvalue weighted by Gasteiger charge is -1.99. The SMILES string of the molecule is CC.O=Cc1cccc(-c2ccccn2)c1. The molecule has 2 heteroatoms. The van der Waals surface area contributed by atoms with E-state index in [2.05, 4.69) is 4.98 Å². The summed E-state index contributed by atoms with van der Waals surface area (Å²) in [5, 5.41) is 0. The second-order valence-corrected chi connectivity index (χ2v) is 2.96. The maximum absolute atomic E-state index is 10.6. The Bertz CT molecular complexity index is 437. The molecule has 1 aromatic carbocycles. The minimum absolute atomic E-state index is 0.674. The number of carbonyl (C=O) groups is 1. The highest BCUT2D eigenvalue weighted by atomic mass is 16.1. The molecule has 0 aliphatic rings. The van der Waals surface area contributed by atoms with Gasteiger partial charge in [0.05, 0.1) is 5.69 Å². The van der Waals surface area contributed by atoms with Crippen molar-refractivity contribution in [2.45, 2.75) is 13.8 Å². The maximum atomic E-state index is 10.6. The van der Waals surface area contributed by atoms with Crippen molar-refractivity contribution in [3.05, 3.63) is 54.2 Å². The number of carbonyl (C=O) groups excluding carboxylic acids is 1. The first-order valence-electron chi connectivity index (χ1n) is 5.37. The Kier molecular flexibility index (Phi) is 4.93. The molecule has 0 radical (unpaired) electrons. The minimum atomic E-state index is 0.674. The molecule has 2 nitrogen and oxygen atoms in total. The van der Waals surface area contributed by atoms with Crippen LogP contribution in [0.15, 0.2) is 48.7 Å². The molecular formula is C14H15NO. The van der Waals surface area contributed by atoms with Gasteiger partial charge in [0.15, 0.2) is 0 Å². The summed E-state index contributed by atoms with van der Waals surface area (Å²) in [7, 11) is 0. The monoisotopic (exact) mass is 213 g/mol. The summed E-state index contributed by atoms with van der Waals surface area (Å²) in [6, 6.07) is 13.1. The Morgan fingerprint density at radius 3 is 2.50 bits per heavy atom. The molecule has 0 N–H and O–H groups in total. The van der Waals surface area contributed by atoms with E-state index in [9.17, 15) is 4.79 Å². The van der Waals surface area contributed by atoms with Crippen LogP contribution in [0.3, 0.4) is 0 Å². The van der Waals surface area contributed by atoms with Crippen LogP contribution < -0.4 is 0 Å². The highest BCUT2D eigenvalue weighted by Crippen LogP contribution is 2.16. The van der Waals surface area contributed by atoms with Gasteiger partial charge in [0.25, 0.3) is 0 Å². The zero-order chi connectivity index (χ0) is 11.8. The normalized spacial score (nSPS) is 8.88. The van der Waals surface area contributed by atoms with Crippen molar-refractivity contribution < 1.29 is 4.79 Å². The number of hydrogen-bond acceptors (Lipinski definition) is 2. The summed E-state index contributed by atoms with van der Waals surface area (Å²) < 4.78 is 0. The second kappa shape index (κ2) is 6.51. The second-order valence-electron chi connectivity index (χ2n) is 2.96. The summed E-state index contributed by atoms with van der Waals surface area (Å²) >= 11 is 0. The zero-order valence-corrected chi connectivity index (χ0v) is 9.55. The molecule has 0 amide bonds. The third kappa shape index (κ3) is 3.02. The molecule has 0 aliphatic carbocycles. The number of pyridine rings is 1. The third-order valence-electron chi connectivity index (χ3n) is 1.98. The van der Waals surface area contributed by atoms with E-state index in [1.54, 1.807) is 12.3 Å². The fourth-order valence-electron chi connectivity index (χ4n) is 1.30. The number of hydrogen-bond donors (Lipinski definition) is 0. The van der Waals surface area contributed by atoms with Gasteiger partial charge in [-0.2, -0.15) is 0 Å². The van der Waals surface area contributed by atoms with E-state index in [-0.39, 0.29) is 0 Å². The lowest BCUT2D eigenvalue weighted by molar-refractivity contribution is 0.112. The summed E-state index contributed by atoms with van der Waals surface area (Å²) in [5.41, 5.74) is 2.53. The van der Waals surface area contributed by atoms with Gasteiger partial charge in [-0.3, -0.25) is 9.78 Å². The van der Waals surface area contributed by atoms with Crippen LogP contribution in [0, 0.1) is 0 Å². The van der Waals surface area contributed by atoms with Gasteiger partial charge >= 0.3 is 0 Å². The van der Waals surface area contributed by atoms with Gasteiger partial charge in [-0.25, -0.2) is 0 Å². The van der Waals surface area contributed by atoms with Crippen LogP contribution in [0.25, 0.3) is 11.3 Å². The number of benzene rings is 1. The van der Waals surface area contributed by atoms with E-state index < -0.39 is 0 Å². The zero-order valence-electron chi connectivity index (χ0n) is 9.55. The molecule has 1 heterocycles. The van der Waals surface area contributed by atoms with Crippen LogP contribution in [-0.2, 0) is 0 Å². The lowest BCUT2D eigenvalue weighted by atomic mass is 10.1. The summed E-state index contributed by atoms with van der Waals surface area (Å²) in [6.07, 6.45) is 2.58. The number of nitrogens with zero attached hydrogens (tertiary/aromatic N) is 1. The van der Waals surface area contributed by atoms with Crippen LogP contribution in [0.5, 0.6) is 0 Å². The molecule has 2 rings (SSSR count). The van der Waals surface area contributed by atoms with Crippen LogP contribution in [-0.4, -0.2) is 11.3 Å². The third-order valence-corrected chi connectivity index (χ3v) is 1.98. The maximum Gasteiger partial charge on any atom is 0.150 e. The van der Waals surface area contributed by atoms with E-state index in [1.807, 2.05) is 50.2 Å². The molecule has 82 valence electrons. The van der Waals surface area contributed by atoms with Gasteiger partial charge < -0.3 is 0 Å². The first kappa shape index (κ1) is 12.1. The van der Waals surface area contributed by atoms with E-state index in [0.29, 0.717) is 5.56 Å². The minimum Gasteiger partial charge on any atom is -0.298 e. The van der Waals surface area contributed by atoms with Gasteiger partial charge in [0.1, 0.15) is 6.29 Å². The van der Waals surface area contributed by atoms with Crippen molar-refractivity contribution >= 4 is 6.29 Å². The van der Waals surface area contributed by atoms with Crippen molar-refractivity contribution in [1.29, 1.82) is 0 Å². The van der Waals surface area contributed by atoms with Gasteiger partial charge in [0, 0.05) is 17.3 Å². The Morgan fingerprint density at radius 2 is 1.88 bits per heavy atom. The molecule has 16 heavy (non-hydrogen) atoms. The highest BCUT2D eigenvalue weighted by molar-refractivity contribution is 5.78. The van der Waals surface area contributed by atoms with Gasteiger partial charge in [0.2, 0.25) is 0 Å². The predicted molar refractivity (Wildman–Crippen MR) is 66.4 cm³/mol. The summed E-state index contributed by atoms with van der Waals surface area (Å²) in [5.74, 6) is 0. The summed E-state index contributed by atoms with van der Waals surface area (Å²) in [4.78, 5) is 14.8. The molecule has 2 aromatic rings. The molecule has 0 aliphatic heterocycles. The fraction of sp³-hybridized carbons (Fsp3) is 0.143. The molecule has 0 saturated carbocycles. The smallest absolute Gasteiger partial charge is 0.150 e. The number of aldehydes is 1. The van der Waals surface area contributed by atoms with Crippen molar-refractivity contribution in [1.82, 2.24) is 4.98 Å². The number of aromatic nitrogens is 1. The average Bonchev–Trinajstić information content (AvgIpc) is 2.42. The van der Waals surface area contributed by atoms with Crippen LogP contribution in [0.4, 0.5) is 0 Å². The van der Waals surface area contributed by atoms with Gasteiger partial charge in [-0.05, 0) is 18.2 Å². The van der Waals surface area contributed by atoms with E-state index in [0.717, 1.165) is 17.5 Å². The van der Waals surface area contributed by atoms with Crippen LogP contribution in [0.1, 0.15) is 24.2 Å². The lowest BCUT2D eigenvalue weighted by Crippen LogP contribution is -1.84. The quantitative estimate of drug-likeness (QED) is 0.713. The first-order chi connectivity index (χ1) is 7.90. The standard InChI is InChI=1S/C12H9NO.C2H6/c14-9-10-4-3-5-11(8-10)12-6-1-2-7-13-12;1-2/h1-9H;1-2H3. The van der Waals surface area contributed by atoms with Gasteiger partial charge in [-0.15, -0.1) is 0 Å². The van der Waals surface area contributed by atoms with Crippen molar-refractivity contribution in [2.75, 3.05) is 0 Å². The molecule has 0 saturated heterocycles. The Morgan fingerprint density at radius 1 is 1.06 bits per heavy atom. The molecule has 1 aromatic heterocycles. The molecule has 0 atom stereocenters. The largest absolute Gasteiger partial charge is 0.298 e. The topological polar surface area (TPSA) is 30.0 Å². The molecule has 0 fully saturated rings. The average molecular weight is 213 g/mol. The van der Waals surface area contributed by atoms with Crippen LogP contribution in [0.2, 0.25) is 0 Å². The fourth-order valence-corrected chi connectivity index (χ4v) is 1.30. The number of rotatable bonds is 2. The molecule has 0 spiro atoms. The van der Waals surface area contributed by atoms with Crippen molar-refractivity contribution in [3.63, 3.8) is 0 Å². The van der Waals surface area contributed by atoms with Crippen molar-refractivity contribution in [3.8, 4) is 11.3 Å². The Hall–Kier alpha value is -1.96. The Balaban J connectivity index is 0.000000606. The van der Waals surface area contributed by atoms with E-state index in [4.69, 9.17) is 0 Å². The first-order valence-corrected chi connectivity index (χ1v) is 5.37. The van der Waals surface area contributed by atoms with E-state index in [1.165, 1.54) is 0 Å².